The van der Waals surface area contributed by atoms with E-state index < -0.39 is 22.0 Å². The number of primary amides is 1. The third-order valence-corrected chi connectivity index (χ3v) is 6.08. The van der Waals surface area contributed by atoms with Crippen molar-refractivity contribution in [2.75, 3.05) is 21.9 Å². The molecule has 1 atom stereocenters. The van der Waals surface area contributed by atoms with Gasteiger partial charge in [-0.3, -0.25) is 9.10 Å². The Morgan fingerprint density at radius 3 is 2.52 bits per heavy atom. The maximum Gasteiger partial charge on any atom is 0.244 e. The van der Waals surface area contributed by atoms with Gasteiger partial charge < -0.3 is 11.1 Å². The van der Waals surface area contributed by atoms with Gasteiger partial charge in [0.2, 0.25) is 15.9 Å². The summed E-state index contributed by atoms with van der Waals surface area (Å²) < 4.78 is 26.0. The Hall–Kier alpha value is -2.54. The van der Waals surface area contributed by atoms with Gasteiger partial charge in [0.15, 0.2) is 0 Å². The third-order valence-electron chi connectivity index (χ3n) is 4.21. The molecule has 132 valence electrons. The molecule has 0 aliphatic carbocycles. The predicted molar refractivity (Wildman–Crippen MR) is 98.8 cm³/mol. The highest BCUT2D eigenvalue weighted by atomic mass is 32.2. The molecule has 1 aliphatic heterocycles. The molecule has 1 fully saturated rings. The van der Waals surface area contributed by atoms with Gasteiger partial charge in [-0.1, -0.05) is 36.4 Å². The normalized spacial score (nSPS) is 17.7. The van der Waals surface area contributed by atoms with Crippen molar-refractivity contribution in [2.45, 2.75) is 18.9 Å². The molecule has 1 amide bonds. The first-order chi connectivity index (χ1) is 12.0. The van der Waals surface area contributed by atoms with E-state index >= 15 is 0 Å². The molecule has 0 aromatic heterocycles. The Bertz CT molecular complexity index is 853. The monoisotopic (exact) mass is 359 g/mol. The van der Waals surface area contributed by atoms with E-state index in [-0.39, 0.29) is 5.75 Å². The number of carbonyl (C=O) groups excluding carboxylic acids is 1. The van der Waals surface area contributed by atoms with E-state index in [1.54, 1.807) is 24.3 Å². The van der Waals surface area contributed by atoms with Gasteiger partial charge in [-0.2, -0.15) is 0 Å². The highest BCUT2D eigenvalue weighted by molar-refractivity contribution is 7.92. The fourth-order valence-electron chi connectivity index (χ4n) is 2.96. The number of benzene rings is 2. The van der Waals surface area contributed by atoms with Gasteiger partial charge in [0.05, 0.1) is 11.4 Å². The smallest absolute Gasteiger partial charge is 0.244 e. The number of carbonyl (C=O) groups is 1. The molecular weight excluding hydrogens is 338 g/mol. The van der Waals surface area contributed by atoms with E-state index in [0.29, 0.717) is 24.3 Å². The van der Waals surface area contributed by atoms with Crippen LogP contribution in [0.25, 0.3) is 0 Å². The number of anilines is 2. The Labute approximate surface area is 147 Å². The molecule has 0 bridgehead atoms. The Morgan fingerprint density at radius 1 is 1.08 bits per heavy atom. The molecule has 0 spiro atoms. The van der Waals surface area contributed by atoms with E-state index in [1.165, 1.54) is 4.31 Å². The number of rotatable bonds is 5. The van der Waals surface area contributed by atoms with Gasteiger partial charge in [-0.15, -0.1) is 0 Å². The Kier molecular flexibility index (Phi) is 4.94. The van der Waals surface area contributed by atoms with E-state index in [1.807, 2.05) is 30.3 Å². The predicted octanol–water partition coefficient (Wildman–Crippen LogP) is 2.26. The molecule has 3 rings (SSSR count). The topological polar surface area (TPSA) is 92.5 Å². The second kappa shape index (κ2) is 7.14. The zero-order valence-corrected chi connectivity index (χ0v) is 14.6. The number of hydrogen-bond acceptors (Lipinski definition) is 4. The minimum absolute atomic E-state index is 0.165. The number of amides is 1. The minimum atomic E-state index is -3.28. The quantitative estimate of drug-likeness (QED) is 0.856. The zero-order chi connectivity index (χ0) is 17.9. The summed E-state index contributed by atoms with van der Waals surface area (Å²) in [6, 6.07) is 15.6. The molecule has 1 heterocycles. The molecule has 1 aliphatic rings. The standard InChI is InChI=1S/C18H21N3O3S/c19-18(22)17(14-7-2-1-3-8-14)20-15-9-6-10-16(13-15)21-11-4-5-12-25(21,23)24/h1-3,6-10,13,17,20H,4-5,11-12H2,(H2,19,22). The third kappa shape index (κ3) is 3.93. The number of nitrogens with two attached hydrogens (primary N) is 1. The first-order valence-corrected chi connectivity index (χ1v) is 9.79. The second-order valence-electron chi connectivity index (χ2n) is 6.04. The lowest BCUT2D eigenvalue weighted by Gasteiger charge is -2.28. The van der Waals surface area contributed by atoms with Crippen LogP contribution in [0.4, 0.5) is 11.4 Å². The number of nitrogens with one attached hydrogen (secondary N) is 1. The maximum absolute atomic E-state index is 12.3. The lowest BCUT2D eigenvalue weighted by Crippen LogP contribution is -2.37. The fourth-order valence-corrected chi connectivity index (χ4v) is 4.59. The molecule has 2 aromatic carbocycles. The molecule has 0 saturated carbocycles. The minimum Gasteiger partial charge on any atom is -0.370 e. The summed E-state index contributed by atoms with van der Waals surface area (Å²) in [5.41, 5.74) is 7.53. The van der Waals surface area contributed by atoms with Gasteiger partial charge in [0.1, 0.15) is 6.04 Å². The highest BCUT2D eigenvalue weighted by Gasteiger charge is 2.26. The molecule has 1 saturated heterocycles. The summed E-state index contributed by atoms with van der Waals surface area (Å²) in [4.78, 5) is 11.8. The van der Waals surface area contributed by atoms with Crippen LogP contribution < -0.4 is 15.4 Å². The molecule has 7 heteroatoms. The molecule has 3 N–H and O–H groups in total. The van der Waals surface area contributed by atoms with Gasteiger partial charge >= 0.3 is 0 Å². The van der Waals surface area contributed by atoms with Crippen LogP contribution >= 0.6 is 0 Å². The number of sulfonamides is 1. The average molecular weight is 359 g/mol. The van der Waals surface area contributed by atoms with E-state index in [2.05, 4.69) is 5.32 Å². The molecule has 25 heavy (non-hydrogen) atoms. The Morgan fingerprint density at radius 2 is 1.84 bits per heavy atom. The van der Waals surface area contributed by atoms with Crippen molar-refractivity contribution in [3.63, 3.8) is 0 Å². The van der Waals surface area contributed by atoms with Gasteiger partial charge in [-0.05, 0) is 36.6 Å². The number of nitrogens with zero attached hydrogens (tertiary/aromatic N) is 1. The first-order valence-electron chi connectivity index (χ1n) is 8.19. The maximum atomic E-state index is 12.3. The Balaban J connectivity index is 1.87. The SMILES string of the molecule is NC(=O)C(Nc1cccc(N2CCCCS2(=O)=O)c1)c1ccccc1. The van der Waals surface area contributed by atoms with Crippen LogP contribution in [0.1, 0.15) is 24.4 Å². The van der Waals surface area contributed by atoms with Crippen LogP contribution in [0.5, 0.6) is 0 Å². The highest BCUT2D eigenvalue weighted by Crippen LogP contribution is 2.27. The van der Waals surface area contributed by atoms with Gasteiger partial charge in [-0.25, -0.2) is 8.42 Å². The van der Waals surface area contributed by atoms with Crippen LogP contribution in [0, 0.1) is 0 Å². The van der Waals surface area contributed by atoms with E-state index in [9.17, 15) is 13.2 Å². The average Bonchev–Trinajstić information content (AvgIpc) is 2.60. The zero-order valence-electron chi connectivity index (χ0n) is 13.8. The summed E-state index contributed by atoms with van der Waals surface area (Å²) in [6.45, 7) is 0.476. The van der Waals surface area contributed by atoms with Crippen LogP contribution in [0.15, 0.2) is 54.6 Å². The largest absolute Gasteiger partial charge is 0.370 e. The van der Waals surface area contributed by atoms with Crippen molar-refractivity contribution in [2.24, 2.45) is 5.73 Å². The van der Waals surface area contributed by atoms with Gasteiger partial charge in [0.25, 0.3) is 0 Å². The van der Waals surface area contributed by atoms with E-state index in [0.717, 1.165) is 12.0 Å². The van der Waals surface area contributed by atoms with Crippen LogP contribution in [-0.2, 0) is 14.8 Å². The number of hydrogen-bond donors (Lipinski definition) is 2. The lowest BCUT2D eigenvalue weighted by atomic mass is 10.1. The lowest BCUT2D eigenvalue weighted by molar-refractivity contribution is -0.118. The fraction of sp³-hybridized carbons (Fsp3) is 0.278. The molecule has 0 radical (unpaired) electrons. The van der Waals surface area contributed by atoms with Crippen molar-refractivity contribution in [1.82, 2.24) is 0 Å². The van der Waals surface area contributed by atoms with Gasteiger partial charge in [0, 0.05) is 12.2 Å². The molecule has 6 nitrogen and oxygen atoms in total. The summed E-state index contributed by atoms with van der Waals surface area (Å²) >= 11 is 0. The van der Waals surface area contributed by atoms with Crippen molar-refractivity contribution < 1.29 is 13.2 Å². The summed E-state index contributed by atoms with van der Waals surface area (Å²) in [5, 5.41) is 3.11. The second-order valence-corrected chi connectivity index (χ2v) is 8.05. The van der Waals surface area contributed by atoms with Crippen molar-refractivity contribution in [1.29, 1.82) is 0 Å². The molecular formula is C18H21N3O3S. The first kappa shape index (κ1) is 17.3. The van der Waals surface area contributed by atoms with Crippen LogP contribution in [-0.4, -0.2) is 26.6 Å². The van der Waals surface area contributed by atoms with Crippen molar-refractivity contribution in [3.8, 4) is 0 Å². The van der Waals surface area contributed by atoms with Crippen LogP contribution in [0.2, 0.25) is 0 Å². The van der Waals surface area contributed by atoms with Crippen molar-refractivity contribution in [3.05, 3.63) is 60.2 Å². The van der Waals surface area contributed by atoms with E-state index in [4.69, 9.17) is 5.73 Å². The molecule has 1 unspecified atom stereocenters. The molecule has 2 aromatic rings. The summed E-state index contributed by atoms with van der Waals surface area (Å²) in [5.74, 6) is -0.333. The van der Waals surface area contributed by atoms with Crippen molar-refractivity contribution >= 4 is 27.3 Å². The summed E-state index contributed by atoms with van der Waals surface area (Å²) in [6.07, 6.45) is 1.53. The van der Waals surface area contributed by atoms with Crippen LogP contribution in [0.3, 0.4) is 0 Å². The summed E-state index contributed by atoms with van der Waals surface area (Å²) in [7, 11) is -3.28.